The summed E-state index contributed by atoms with van der Waals surface area (Å²) in [5, 5.41) is 4.21. The van der Waals surface area contributed by atoms with E-state index in [0.717, 1.165) is 31.5 Å². The molecule has 86 valence electrons. The standard InChI is InChI=1S/C11H22N4/c1-4-10(12)6-5-7-11-13-8-14-15(11)9(2)3/h8-10H,4-7,12H2,1-3H3. The van der Waals surface area contributed by atoms with E-state index in [0.29, 0.717) is 12.1 Å². The van der Waals surface area contributed by atoms with Crippen LogP contribution in [0.5, 0.6) is 0 Å². The van der Waals surface area contributed by atoms with Crippen molar-refractivity contribution in [2.75, 3.05) is 0 Å². The van der Waals surface area contributed by atoms with Gasteiger partial charge in [0.05, 0.1) is 0 Å². The van der Waals surface area contributed by atoms with Crippen LogP contribution in [-0.2, 0) is 6.42 Å². The van der Waals surface area contributed by atoms with Gasteiger partial charge >= 0.3 is 0 Å². The molecular formula is C11H22N4. The molecule has 1 heterocycles. The largest absolute Gasteiger partial charge is 0.328 e. The molecule has 0 spiro atoms. The maximum Gasteiger partial charge on any atom is 0.138 e. The van der Waals surface area contributed by atoms with E-state index in [-0.39, 0.29) is 0 Å². The van der Waals surface area contributed by atoms with Crippen molar-refractivity contribution in [2.45, 2.75) is 58.5 Å². The molecule has 1 unspecified atom stereocenters. The molecule has 0 saturated heterocycles. The van der Waals surface area contributed by atoms with Gasteiger partial charge in [-0.05, 0) is 33.1 Å². The van der Waals surface area contributed by atoms with E-state index in [2.05, 4.69) is 30.9 Å². The first kappa shape index (κ1) is 12.2. The average molecular weight is 210 g/mol. The summed E-state index contributed by atoms with van der Waals surface area (Å²) in [6.45, 7) is 6.37. The predicted molar refractivity (Wildman–Crippen MR) is 61.6 cm³/mol. The zero-order valence-electron chi connectivity index (χ0n) is 9.98. The molecule has 1 aromatic heterocycles. The molecule has 0 radical (unpaired) electrons. The number of rotatable bonds is 6. The SMILES string of the molecule is CCC(N)CCCc1ncnn1C(C)C. The zero-order chi connectivity index (χ0) is 11.3. The summed E-state index contributed by atoms with van der Waals surface area (Å²) >= 11 is 0. The minimum atomic E-state index is 0.334. The molecule has 0 saturated carbocycles. The van der Waals surface area contributed by atoms with Crippen LogP contribution in [0.15, 0.2) is 6.33 Å². The van der Waals surface area contributed by atoms with Crippen molar-refractivity contribution in [3.8, 4) is 0 Å². The van der Waals surface area contributed by atoms with Crippen molar-refractivity contribution in [2.24, 2.45) is 5.73 Å². The Bertz CT molecular complexity index is 280. The van der Waals surface area contributed by atoms with Gasteiger partial charge in [0.15, 0.2) is 0 Å². The summed E-state index contributed by atoms with van der Waals surface area (Å²) in [7, 11) is 0. The lowest BCUT2D eigenvalue weighted by molar-refractivity contribution is 0.489. The van der Waals surface area contributed by atoms with E-state index < -0.39 is 0 Å². The van der Waals surface area contributed by atoms with Crippen molar-refractivity contribution in [1.29, 1.82) is 0 Å². The predicted octanol–water partition coefficient (Wildman–Crippen LogP) is 1.92. The van der Waals surface area contributed by atoms with Crippen LogP contribution in [0.25, 0.3) is 0 Å². The molecule has 2 N–H and O–H groups in total. The third-order valence-electron chi connectivity index (χ3n) is 2.64. The Labute approximate surface area is 91.9 Å². The van der Waals surface area contributed by atoms with Crippen LogP contribution in [0.4, 0.5) is 0 Å². The Morgan fingerprint density at radius 2 is 2.20 bits per heavy atom. The second kappa shape index (κ2) is 5.85. The molecule has 4 nitrogen and oxygen atoms in total. The van der Waals surface area contributed by atoms with Crippen LogP contribution < -0.4 is 5.73 Å². The number of nitrogens with zero attached hydrogens (tertiary/aromatic N) is 3. The van der Waals surface area contributed by atoms with Crippen LogP contribution >= 0.6 is 0 Å². The van der Waals surface area contributed by atoms with Crippen LogP contribution in [0.2, 0.25) is 0 Å². The maximum atomic E-state index is 5.87. The van der Waals surface area contributed by atoms with Gasteiger partial charge < -0.3 is 5.73 Å². The number of hydrogen-bond acceptors (Lipinski definition) is 3. The minimum Gasteiger partial charge on any atom is -0.328 e. The fraction of sp³-hybridized carbons (Fsp3) is 0.818. The van der Waals surface area contributed by atoms with E-state index in [9.17, 15) is 0 Å². The molecule has 0 aliphatic heterocycles. The Morgan fingerprint density at radius 3 is 2.80 bits per heavy atom. The van der Waals surface area contributed by atoms with E-state index in [1.165, 1.54) is 0 Å². The lowest BCUT2D eigenvalue weighted by Crippen LogP contribution is -2.18. The van der Waals surface area contributed by atoms with Crippen LogP contribution in [0, 0.1) is 0 Å². The van der Waals surface area contributed by atoms with Gasteiger partial charge in [-0.15, -0.1) is 0 Å². The van der Waals surface area contributed by atoms with Gasteiger partial charge in [-0.1, -0.05) is 6.92 Å². The molecular weight excluding hydrogens is 188 g/mol. The lowest BCUT2D eigenvalue weighted by Gasteiger charge is -2.10. The fourth-order valence-electron chi connectivity index (χ4n) is 1.61. The summed E-state index contributed by atoms with van der Waals surface area (Å²) < 4.78 is 1.98. The smallest absolute Gasteiger partial charge is 0.138 e. The molecule has 0 aliphatic carbocycles. The third kappa shape index (κ3) is 3.63. The summed E-state index contributed by atoms with van der Waals surface area (Å²) in [5.74, 6) is 1.08. The fourth-order valence-corrected chi connectivity index (χ4v) is 1.61. The second-order valence-electron chi connectivity index (χ2n) is 4.28. The van der Waals surface area contributed by atoms with Crippen molar-refractivity contribution >= 4 is 0 Å². The molecule has 1 rings (SSSR count). The first-order valence-corrected chi connectivity index (χ1v) is 5.79. The Balaban J connectivity index is 2.40. The summed E-state index contributed by atoms with van der Waals surface area (Å²) in [6, 6.07) is 0.725. The van der Waals surface area contributed by atoms with Crippen molar-refractivity contribution in [3.63, 3.8) is 0 Å². The zero-order valence-corrected chi connectivity index (χ0v) is 9.98. The molecule has 0 bridgehead atoms. The first-order valence-electron chi connectivity index (χ1n) is 5.79. The summed E-state index contributed by atoms with van der Waals surface area (Å²) in [4.78, 5) is 4.27. The maximum absolute atomic E-state index is 5.87. The normalized spacial score (nSPS) is 13.4. The van der Waals surface area contributed by atoms with Crippen molar-refractivity contribution < 1.29 is 0 Å². The molecule has 1 aromatic rings. The van der Waals surface area contributed by atoms with Gasteiger partial charge in [-0.3, -0.25) is 0 Å². The molecule has 15 heavy (non-hydrogen) atoms. The van der Waals surface area contributed by atoms with E-state index in [1.807, 2.05) is 4.68 Å². The van der Waals surface area contributed by atoms with Gasteiger partial charge in [0.1, 0.15) is 12.2 Å². The van der Waals surface area contributed by atoms with Gasteiger partial charge in [0.25, 0.3) is 0 Å². The number of hydrogen-bond donors (Lipinski definition) is 1. The highest BCUT2D eigenvalue weighted by Crippen LogP contribution is 2.09. The number of nitrogens with two attached hydrogens (primary N) is 1. The molecule has 0 aromatic carbocycles. The molecule has 1 atom stereocenters. The topological polar surface area (TPSA) is 56.7 Å². The van der Waals surface area contributed by atoms with Crippen molar-refractivity contribution in [3.05, 3.63) is 12.2 Å². The van der Waals surface area contributed by atoms with Gasteiger partial charge in [0.2, 0.25) is 0 Å². The van der Waals surface area contributed by atoms with Crippen molar-refractivity contribution in [1.82, 2.24) is 14.8 Å². The van der Waals surface area contributed by atoms with E-state index in [1.54, 1.807) is 6.33 Å². The third-order valence-corrected chi connectivity index (χ3v) is 2.64. The van der Waals surface area contributed by atoms with Crippen LogP contribution in [0.1, 0.15) is 51.9 Å². The van der Waals surface area contributed by atoms with Gasteiger partial charge in [-0.25, -0.2) is 9.67 Å². The van der Waals surface area contributed by atoms with E-state index >= 15 is 0 Å². The van der Waals surface area contributed by atoms with Crippen LogP contribution in [0.3, 0.4) is 0 Å². The molecule has 4 heteroatoms. The molecule has 0 amide bonds. The first-order chi connectivity index (χ1) is 7.15. The summed E-state index contributed by atoms with van der Waals surface area (Å²) in [6.07, 6.45) is 5.83. The number of aromatic nitrogens is 3. The Hall–Kier alpha value is -0.900. The highest BCUT2D eigenvalue weighted by Gasteiger charge is 2.07. The summed E-state index contributed by atoms with van der Waals surface area (Å²) in [5.41, 5.74) is 5.87. The van der Waals surface area contributed by atoms with Crippen LogP contribution in [-0.4, -0.2) is 20.8 Å². The number of aryl methyl sites for hydroxylation is 1. The van der Waals surface area contributed by atoms with E-state index in [4.69, 9.17) is 5.73 Å². The lowest BCUT2D eigenvalue weighted by atomic mass is 10.1. The average Bonchev–Trinajstić information content (AvgIpc) is 2.65. The monoisotopic (exact) mass is 210 g/mol. The quantitative estimate of drug-likeness (QED) is 0.780. The Morgan fingerprint density at radius 1 is 1.47 bits per heavy atom. The van der Waals surface area contributed by atoms with Gasteiger partial charge in [0, 0.05) is 18.5 Å². The molecule has 0 aliphatic rings. The Kier molecular flexibility index (Phi) is 4.75. The molecule has 0 fully saturated rings. The highest BCUT2D eigenvalue weighted by atomic mass is 15.3. The second-order valence-corrected chi connectivity index (χ2v) is 4.28. The van der Waals surface area contributed by atoms with Gasteiger partial charge in [-0.2, -0.15) is 5.10 Å². The minimum absolute atomic E-state index is 0.334. The highest BCUT2D eigenvalue weighted by molar-refractivity contribution is 4.86.